The third-order valence-corrected chi connectivity index (χ3v) is 6.68. The number of thioether (sulfide) groups is 1. The molecular weight excluding hydrogens is 530 g/mol. The van der Waals surface area contributed by atoms with Crippen molar-refractivity contribution in [3.05, 3.63) is 81.8 Å². The highest BCUT2D eigenvalue weighted by atomic mass is 35.5. The number of hydrogen-bond donors (Lipinski definition) is 1. The molecule has 1 N–H and O–H groups in total. The van der Waals surface area contributed by atoms with E-state index in [9.17, 15) is 26.3 Å². The van der Waals surface area contributed by atoms with Crippen molar-refractivity contribution in [2.24, 2.45) is 0 Å². The van der Waals surface area contributed by atoms with Crippen LogP contribution in [-0.4, -0.2) is 31.1 Å². The topological polar surface area (TPSA) is 43.4 Å². The van der Waals surface area contributed by atoms with E-state index in [1.807, 2.05) is 0 Å². The van der Waals surface area contributed by atoms with Gasteiger partial charge in [0.15, 0.2) is 23.1 Å². The number of nitrogens with zero attached hydrogens (tertiary/aromatic N) is 1. The van der Waals surface area contributed by atoms with Gasteiger partial charge in [-0.1, -0.05) is 17.7 Å². The van der Waals surface area contributed by atoms with Crippen molar-refractivity contribution in [3.63, 3.8) is 0 Å². The predicted octanol–water partition coefficient (Wildman–Crippen LogP) is 7.56. The zero-order valence-corrected chi connectivity index (χ0v) is 20.6. The number of nitrogens with one attached hydrogen (secondary N) is 1. The summed E-state index contributed by atoms with van der Waals surface area (Å²) in [6.07, 6.45) is -4.48. The Morgan fingerprint density at radius 3 is 2.36 bits per heavy atom. The van der Waals surface area contributed by atoms with Gasteiger partial charge in [0.1, 0.15) is 11.6 Å². The smallest absolute Gasteiger partial charge is 0.389 e. The second-order valence-electron chi connectivity index (χ2n) is 7.51. The van der Waals surface area contributed by atoms with E-state index >= 15 is 0 Å². The van der Waals surface area contributed by atoms with Crippen LogP contribution in [0, 0.1) is 17.5 Å². The minimum Gasteiger partial charge on any atom is -0.493 e. The van der Waals surface area contributed by atoms with Gasteiger partial charge in [0.25, 0.3) is 0 Å². The maximum atomic E-state index is 14.6. The molecule has 0 aliphatic heterocycles. The molecule has 1 heterocycles. The molecule has 4 nitrogen and oxygen atoms in total. The van der Waals surface area contributed by atoms with Crippen LogP contribution in [0.2, 0.25) is 5.02 Å². The van der Waals surface area contributed by atoms with Crippen molar-refractivity contribution in [2.75, 3.05) is 25.3 Å². The average molecular weight is 551 g/mol. The lowest BCUT2D eigenvalue weighted by atomic mass is 10.0. The fraction of sp³-hybridized carbons (Fsp3) is 0.292. The second-order valence-corrected chi connectivity index (χ2v) is 9.13. The molecule has 3 rings (SSSR count). The van der Waals surface area contributed by atoms with Gasteiger partial charge in [-0.2, -0.15) is 13.2 Å². The Kier molecular flexibility index (Phi) is 9.24. The molecule has 194 valence electrons. The summed E-state index contributed by atoms with van der Waals surface area (Å²) in [5.41, 5.74) is 0.141. The number of hydrogen-bond acceptors (Lipinski definition) is 5. The van der Waals surface area contributed by atoms with Gasteiger partial charge in [0.2, 0.25) is 0 Å². The SMILES string of the molecule is COc1ccc(CNc2cc(C(SCCC(F)(F)F)c3c(F)ccc(F)c3F)c(Cl)cn2)cc1OC. The monoisotopic (exact) mass is 550 g/mol. The minimum atomic E-state index is -4.48. The van der Waals surface area contributed by atoms with Crippen LogP contribution >= 0.6 is 23.4 Å². The van der Waals surface area contributed by atoms with Gasteiger partial charge in [-0.3, -0.25) is 0 Å². The van der Waals surface area contributed by atoms with Crippen molar-refractivity contribution >= 4 is 29.2 Å². The number of ether oxygens (including phenoxy) is 2. The molecule has 0 bridgehead atoms. The van der Waals surface area contributed by atoms with E-state index in [-0.39, 0.29) is 22.9 Å². The highest BCUT2D eigenvalue weighted by molar-refractivity contribution is 7.99. The first-order valence-electron chi connectivity index (χ1n) is 10.5. The van der Waals surface area contributed by atoms with E-state index in [0.717, 1.165) is 11.6 Å². The van der Waals surface area contributed by atoms with Crippen LogP contribution in [0.25, 0.3) is 0 Å². The summed E-state index contributed by atoms with van der Waals surface area (Å²) in [6.45, 7) is 0.253. The Bertz CT molecular complexity index is 1210. The standard InChI is InChI=1S/C24H21ClF6N2O2S/c1-34-18-6-3-13(9-19(18)35-2)11-32-20-10-14(15(25)12-33-20)23(36-8-7-24(29,30)31)21-16(26)4-5-17(27)22(21)28/h3-6,9-10,12,23H,7-8,11H2,1-2H3,(H,32,33). The van der Waals surface area contributed by atoms with Crippen molar-refractivity contribution in [1.82, 2.24) is 4.98 Å². The van der Waals surface area contributed by atoms with E-state index in [2.05, 4.69) is 10.3 Å². The number of rotatable bonds is 10. The molecule has 3 aromatic rings. The molecule has 12 heteroatoms. The molecule has 0 spiro atoms. The minimum absolute atomic E-state index is 0.0424. The molecule has 1 atom stereocenters. The molecule has 1 unspecified atom stereocenters. The number of benzene rings is 2. The Morgan fingerprint density at radius 1 is 1.00 bits per heavy atom. The molecule has 0 aliphatic carbocycles. The summed E-state index contributed by atoms with van der Waals surface area (Å²) in [4.78, 5) is 4.14. The van der Waals surface area contributed by atoms with Gasteiger partial charge in [-0.05, 0) is 41.5 Å². The number of alkyl halides is 3. The summed E-state index contributed by atoms with van der Waals surface area (Å²) in [5, 5.41) is 1.62. The third kappa shape index (κ3) is 6.91. The third-order valence-electron chi connectivity index (χ3n) is 5.10. The summed E-state index contributed by atoms with van der Waals surface area (Å²) >= 11 is 6.85. The van der Waals surface area contributed by atoms with Crippen LogP contribution in [0.1, 0.15) is 28.4 Å². The molecule has 36 heavy (non-hydrogen) atoms. The van der Waals surface area contributed by atoms with Crippen molar-refractivity contribution < 1.29 is 35.8 Å². The summed E-state index contributed by atoms with van der Waals surface area (Å²) in [7, 11) is 2.99. The number of methoxy groups -OCH3 is 2. The highest BCUT2D eigenvalue weighted by Crippen LogP contribution is 2.43. The van der Waals surface area contributed by atoms with Crippen LogP contribution in [0.15, 0.2) is 42.6 Å². The van der Waals surface area contributed by atoms with Crippen LogP contribution in [0.4, 0.5) is 32.2 Å². The Labute approximate surface area is 213 Å². The van der Waals surface area contributed by atoms with E-state index in [4.69, 9.17) is 21.1 Å². The first kappa shape index (κ1) is 27.8. The van der Waals surface area contributed by atoms with Gasteiger partial charge in [-0.15, -0.1) is 11.8 Å². The van der Waals surface area contributed by atoms with Gasteiger partial charge in [0, 0.05) is 24.1 Å². The van der Waals surface area contributed by atoms with Crippen molar-refractivity contribution in [3.8, 4) is 11.5 Å². The molecule has 0 saturated carbocycles. The van der Waals surface area contributed by atoms with E-state index < -0.39 is 46.6 Å². The summed E-state index contributed by atoms with van der Waals surface area (Å²) in [6, 6.07) is 7.91. The Morgan fingerprint density at radius 2 is 1.69 bits per heavy atom. The number of halogens is 7. The van der Waals surface area contributed by atoms with E-state index in [1.54, 1.807) is 18.2 Å². The molecule has 0 radical (unpaired) electrons. The second kappa shape index (κ2) is 12.0. The molecule has 0 fully saturated rings. The fourth-order valence-corrected chi connectivity index (χ4v) is 4.96. The Hall–Kier alpha value is -2.79. The van der Waals surface area contributed by atoms with Gasteiger partial charge in [0.05, 0.1) is 30.9 Å². The summed E-state index contributed by atoms with van der Waals surface area (Å²) in [5.74, 6) is -3.19. The zero-order chi connectivity index (χ0) is 26.5. The van der Waals surface area contributed by atoms with Gasteiger partial charge < -0.3 is 14.8 Å². The van der Waals surface area contributed by atoms with Crippen LogP contribution in [0.5, 0.6) is 11.5 Å². The van der Waals surface area contributed by atoms with Crippen molar-refractivity contribution in [1.29, 1.82) is 0 Å². The lowest BCUT2D eigenvalue weighted by molar-refractivity contribution is -0.129. The largest absolute Gasteiger partial charge is 0.493 e. The van der Waals surface area contributed by atoms with Crippen LogP contribution in [-0.2, 0) is 6.54 Å². The van der Waals surface area contributed by atoms with Crippen molar-refractivity contribution in [2.45, 2.75) is 24.4 Å². The predicted molar refractivity (Wildman–Crippen MR) is 127 cm³/mol. The van der Waals surface area contributed by atoms with Gasteiger partial charge >= 0.3 is 6.18 Å². The number of anilines is 1. The molecule has 2 aromatic carbocycles. The zero-order valence-electron chi connectivity index (χ0n) is 19.1. The normalized spacial score (nSPS) is 12.4. The fourth-order valence-electron chi connectivity index (χ4n) is 3.34. The lowest BCUT2D eigenvalue weighted by Gasteiger charge is -2.21. The number of pyridine rings is 1. The lowest BCUT2D eigenvalue weighted by Crippen LogP contribution is -2.12. The first-order valence-corrected chi connectivity index (χ1v) is 11.9. The Balaban J connectivity index is 1.93. The van der Waals surface area contributed by atoms with Gasteiger partial charge in [-0.25, -0.2) is 18.2 Å². The molecule has 1 aromatic heterocycles. The molecule has 0 amide bonds. The van der Waals surface area contributed by atoms with E-state index in [1.165, 1.54) is 26.5 Å². The highest BCUT2D eigenvalue weighted by Gasteiger charge is 2.31. The maximum Gasteiger partial charge on any atom is 0.389 e. The number of aromatic nitrogens is 1. The maximum absolute atomic E-state index is 14.6. The molecule has 0 aliphatic rings. The molecule has 0 saturated heterocycles. The quantitative estimate of drug-likeness (QED) is 0.208. The van der Waals surface area contributed by atoms with Crippen LogP contribution < -0.4 is 14.8 Å². The summed E-state index contributed by atoms with van der Waals surface area (Å²) < 4.78 is 91.9. The molecular formula is C24H21ClF6N2O2S. The average Bonchev–Trinajstić information content (AvgIpc) is 2.84. The van der Waals surface area contributed by atoms with Crippen LogP contribution in [0.3, 0.4) is 0 Å². The first-order chi connectivity index (χ1) is 17.0. The van der Waals surface area contributed by atoms with E-state index in [0.29, 0.717) is 29.3 Å².